The number of ether oxygens (including phenoxy) is 3. The summed E-state index contributed by atoms with van der Waals surface area (Å²) in [5, 5.41) is 44.9. The number of aliphatic hydroxyl groups is 2. The van der Waals surface area contributed by atoms with E-state index in [4.69, 9.17) is 34.6 Å². The number of hydrogen-bond donors (Lipinski definition) is 5. The molecule has 0 aliphatic carbocycles. The third-order valence-corrected chi connectivity index (χ3v) is 6.74. The number of rotatable bonds is 13. The molecule has 0 atom stereocenters. The Morgan fingerprint density at radius 3 is 1.98 bits per heavy atom. The molecule has 1 saturated heterocycles. The van der Waals surface area contributed by atoms with Gasteiger partial charge in [-0.25, -0.2) is 4.79 Å². The number of nitrogens with zero attached hydrogens (tertiary/aromatic N) is 1. The molecule has 0 unspecified atom stereocenters. The summed E-state index contributed by atoms with van der Waals surface area (Å²) in [7, 11) is 3.31. The highest BCUT2D eigenvalue weighted by atomic mass is 16.5. The first kappa shape index (κ1) is 33.5. The quantitative estimate of drug-likeness (QED) is 0.219. The number of likely N-dealkylation sites (tertiary alicyclic amines) is 1. The van der Waals surface area contributed by atoms with E-state index < -0.39 is 42.0 Å². The van der Waals surface area contributed by atoms with E-state index in [0.717, 1.165) is 49.5 Å². The van der Waals surface area contributed by atoms with Crippen molar-refractivity contribution in [2.75, 3.05) is 40.5 Å². The number of carbonyl (C=O) groups is 3. The summed E-state index contributed by atoms with van der Waals surface area (Å²) in [6.45, 7) is 5.66. The molecule has 2 aromatic rings. The number of methoxy groups -OCH3 is 2. The van der Waals surface area contributed by atoms with E-state index in [1.807, 2.05) is 12.1 Å². The molecule has 12 heteroatoms. The van der Waals surface area contributed by atoms with Gasteiger partial charge in [-0.1, -0.05) is 35.9 Å². The van der Waals surface area contributed by atoms with Crippen molar-refractivity contribution >= 4 is 17.9 Å². The largest absolute Gasteiger partial charge is 0.493 e. The summed E-state index contributed by atoms with van der Waals surface area (Å²) in [6, 6.07) is 14.3. The molecule has 226 valence electrons. The number of aryl methyl sites for hydroxylation is 1. The molecule has 0 aromatic heterocycles. The molecular weight excluding hydrogens is 538 g/mol. The predicted molar refractivity (Wildman–Crippen MR) is 147 cm³/mol. The number of carboxylic acids is 3. The van der Waals surface area contributed by atoms with E-state index >= 15 is 0 Å². The van der Waals surface area contributed by atoms with Crippen LogP contribution in [0.2, 0.25) is 0 Å². The fourth-order valence-electron chi connectivity index (χ4n) is 4.37. The van der Waals surface area contributed by atoms with Gasteiger partial charge in [0.15, 0.2) is 17.1 Å². The second-order valence-electron chi connectivity index (χ2n) is 9.98. The minimum absolute atomic E-state index is 0.496. The topological polar surface area (TPSA) is 183 Å². The van der Waals surface area contributed by atoms with E-state index in [9.17, 15) is 19.5 Å². The number of carboxylic acid groups (broad SMARTS) is 3. The van der Waals surface area contributed by atoms with E-state index in [0.29, 0.717) is 13.2 Å². The maximum Gasteiger partial charge on any atom is 0.336 e. The molecular formula is C29H39NO11. The van der Waals surface area contributed by atoms with E-state index in [1.54, 1.807) is 14.2 Å². The molecule has 12 nitrogen and oxygen atoms in total. The van der Waals surface area contributed by atoms with Crippen LogP contribution < -0.4 is 9.47 Å². The lowest BCUT2D eigenvalue weighted by Gasteiger charge is -2.38. The second kappa shape index (κ2) is 15.3. The molecule has 0 radical (unpaired) electrons. The molecule has 5 N–H and O–H groups in total. The van der Waals surface area contributed by atoms with Crippen LogP contribution >= 0.6 is 0 Å². The van der Waals surface area contributed by atoms with E-state index in [1.165, 1.54) is 11.1 Å². The first-order valence-electron chi connectivity index (χ1n) is 13.0. The van der Waals surface area contributed by atoms with Crippen LogP contribution in [0, 0.1) is 6.92 Å². The summed E-state index contributed by atoms with van der Waals surface area (Å²) in [5.74, 6) is -3.55. The molecule has 41 heavy (non-hydrogen) atoms. The zero-order valence-corrected chi connectivity index (χ0v) is 23.5. The molecule has 3 rings (SSSR count). The fraction of sp³-hybridized carbons (Fsp3) is 0.483. The van der Waals surface area contributed by atoms with Crippen LogP contribution in [0.25, 0.3) is 0 Å². The van der Waals surface area contributed by atoms with Gasteiger partial charge in [0.25, 0.3) is 0 Å². The summed E-state index contributed by atoms with van der Waals surface area (Å²) >= 11 is 0. The van der Waals surface area contributed by atoms with Gasteiger partial charge in [-0.15, -0.1) is 0 Å². The summed E-state index contributed by atoms with van der Waals surface area (Å²) in [6.07, 6.45) is -0.805. The van der Waals surface area contributed by atoms with Gasteiger partial charge in [-0.2, -0.15) is 0 Å². The molecule has 1 aliphatic heterocycles. The van der Waals surface area contributed by atoms with Gasteiger partial charge < -0.3 is 39.7 Å². The van der Waals surface area contributed by atoms with Crippen LogP contribution in [-0.2, 0) is 31.3 Å². The molecule has 1 fully saturated rings. The Morgan fingerprint density at radius 2 is 1.49 bits per heavy atom. The molecule has 1 aliphatic rings. The normalized spacial score (nSPS) is 14.9. The zero-order valence-electron chi connectivity index (χ0n) is 23.5. The van der Waals surface area contributed by atoms with Crippen molar-refractivity contribution in [3.05, 3.63) is 59.2 Å². The molecule has 0 saturated carbocycles. The predicted octanol–water partition coefficient (Wildman–Crippen LogP) is 2.26. The lowest BCUT2D eigenvalue weighted by Crippen LogP contribution is -2.42. The highest BCUT2D eigenvalue weighted by molar-refractivity contribution is 5.88. The summed E-state index contributed by atoms with van der Waals surface area (Å²) in [4.78, 5) is 32.9. The maximum atomic E-state index is 11.1. The first-order chi connectivity index (χ1) is 19.3. The minimum atomic E-state index is -2.74. The maximum absolute atomic E-state index is 11.1. The Bertz CT molecular complexity index is 1140. The van der Waals surface area contributed by atoms with Crippen molar-refractivity contribution in [1.29, 1.82) is 0 Å². The van der Waals surface area contributed by atoms with Gasteiger partial charge in [0, 0.05) is 26.7 Å². The van der Waals surface area contributed by atoms with Gasteiger partial charge in [0.2, 0.25) is 0 Å². The van der Waals surface area contributed by atoms with Crippen LogP contribution in [0.15, 0.2) is 42.5 Å². The number of aliphatic carboxylic acids is 3. The van der Waals surface area contributed by atoms with Crippen LogP contribution in [0.4, 0.5) is 0 Å². The Labute approximate surface area is 238 Å². The van der Waals surface area contributed by atoms with Crippen molar-refractivity contribution in [1.82, 2.24) is 4.90 Å². The summed E-state index contributed by atoms with van der Waals surface area (Å²) in [5.41, 5.74) is -0.0411. The first-order valence-corrected chi connectivity index (χ1v) is 13.0. The number of piperidine rings is 1. The smallest absolute Gasteiger partial charge is 0.336 e. The molecule has 2 aromatic carbocycles. The van der Waals surface area contributed by atoms with Crippen molar-refractivity contribution in [2.45, 2.75) is 50.4 Å². The zero-order chi connectivity index (χ0) is 30.6. The highest BCUT2D eigenvalue weighted by Gasteiger charge is 2.40. The Balaban J connectivity index is 0.000000383. The lowest BCUT2D eigenvalue weighted by molar-refractivity contribution is -0.170. The highest BCUT2D eigenvalue weighted by Crippen LogP contribution is 2.34. The molecule has 1 heterocycles. The lowest BCUT2D eigenvalue weighted by atomic mass is 9.84. The molecule has 0 spiro atoms. The van der Waals surface area contributed by atoms with Crippen molar-refractivity contribution in [3.63, 3.8) is 0 Å². The second-order valence-corrected chi connectivity index (χ2v) is 9.98. The van der Waals surface area contributed by atoms with Crippen LogP contribution in [0.3, 0.4) is 0 Å². The van der Waals surface area contributed by atoms with Crippen molar-refractivity contribution in [3.8, 4) is 11.5 Å². The molecule has 0 bridgehead atoms. The van der Waals surface area contributed by atoms with Crippen molar-refractivity contribution < 1.29 is 54.1 Å². The number of hydrogen-bond acceptors (Lipinski definition) is 9. The van der Waals surface area contributed by atoms with Gasteiger partial charge >= 0.3 is 17.9 Å². The van der Waals surface area contributed by atoms with Gasteiger partial charge in [-0.3, -0.25) is 14.5 Å². The average molecular weight is 578 g/mol. The SMILES string of the molecule is COCCOc1ccc(CN2CCC(O)(c3ccc(C)cc3)CC2)cc1OC.O=C(O)CC(O)(CC(=O)O)C(=O)O. The standard InChI is InChI=1S/C23H31NO4.C6H8O7/c1-18-4-7-20(8-5-18)23(25)10-12-24(13-11-23)17-19-6-9-21(22(16-19)27-3)28-15-14-26-2;7-3(8)1-6(13,5(11)12)2-4(9)10/h4-9,16,25H,10-15,17H2,1-3H3;13H,1-2H2,(H,7,8)(H,9,10)(H,11,12). The van der Waals surface area contributed by atoms with E-state index in [2.05, 4.69) is 42.2 Å². The Morgan fingerprint density at radius 1 is 0.902 bits per heavy atom. The van der Waals surface area contributed by atoms with E-state index in [-0.39, 0.29) is 0 Å². The monoisotopic (exact) mass is 577 g/mol. The third kappa shape index (κ3) is 10.3. The average Bonchev–Trinajstić information content (AvgIpc) is 2.90. The van der Waals surface area contributed by atoms with Crippen LogP contribution in [0.1, 0.15) is 42.4 Å². The third-order valence-electron chi connectivity index (χ3n) is 6.74. The Hall–Kier alpha value is -3.71. The molecule has 0 amide bonds. The fourth-order valence-corrected chi connectivity index (χ4v) is 4.37. The van der Waals surface area contributed by atoms with Crippen molar-refractivity contribution in [2.24, 2.45) is 0 Å². The van der Waals surface area contributed by atoms with Gasteiger partial charge in [-0.05, 0) is 43.0 Å². The van der Waals surface area contributed by atoms with Gasteiger partial charge in [0.05, 0.1) is 32.2 Å². The van der Waals surface area contributed by atoms with Crippen LogP contribution in [-0.4, -0.2) is 94.5 Å². The minimum Gasteiger partial charge on any atom is -0.493 e. The van der Waals surface area contributed by atoms with Crippen LogP contribution in [0.5, 0.6) is 11.5 Å². The van der Waals surface area contributed by atoms with Gasteiger partial charge in [0.1, 0.15) is 6.61 Å². The number of benzene rings is 2. The summed E-state index contributed by atoms with van der Waals surface area (Å²) < 4.78 is 16.2. The Kier molecular flexibility index (Phi) is 12.5.